The highest BCUT2D eigenvalue weighted by Crippen LogP contribution is 2.27. The molecule has 1 fully saturated rings. The Labute approximate surface area is 122 Å². The molecule has 3 heteroatoms. The Morgan fingerprint density at radius 1 is 1.35 bits per heavy atom. The topological polar surface area (TPSA) is 46.3 Å². The third-order valence-corrected chi connectivity index (χ3v) is 4.08. The van der Waals surface area contributed by atoms with Gasteiger partial charge < -0.3 is 10.6 Å². The molecular formula is C17H26N2O. The third-order valence-electron chi connectivity index (χ3n) is 4.08. The van der Waals surface area contributed by atoms with Gasteiger partial charge in [-0.2, -0.15) is 0 Å². The highest BCUT2D eigenvalue weighted by molar-refractivity contribution is 5.96. The molecule has 0 aliphatic heterocycles. The first-order valence-corrected chi connectivity index (χ1v) is 7.66. The predicted octanol–water partition coefficient (Wildman–Crippen LogP) is 3.62. The average Bonchev–Trinajstić information content (AvgIpc) is 2.91. The third kappa shape index (κ3) is 3.33. The van der Waals surface area contributed by atoms with E-state index in [1.807, 2.05) is 25.1 Å². The van der Waals surface area contributed by atoms with Crippen LogP contribution in [0.4, 0.5) is 5.69 Å². The molecule has 1 aromatic rings. The zero-order valence-corrected chi connectivity index (χ0v) is 12.9. The van der Waals surface area contributed by atoms with E-state index in [-0.39, 0.29) is 5.91 Å². The molecule has 1 aromatic carbocycles. The van der Waals surface area contributed by atoms with Crippen LogP contribution in [-0.4, -0.2) is 23.4 Å². The van der Waals surface area contributed by atoms with E-state index in [1.54, 1.807) is 0 Å². The van der Waals surface area contributed by atoms with E-state index in [1.165, 1.54) is 12.8 Å². The van der Waals surface area contributed by atoms with E-state index in [4.69, 9.17) is 5.73 Å². The van der Waals surface area contributed by atoms with Gasteiger partial charge in [-0.1, -0.05) is 32.8 Å². The number of carbonyl (C=O) groups is 1. The van der Waals surface area contributed by atoms with Gasteiger partial charge in [-0.15, -0.1) is 0 Å². The lowest BCUT2D eigenvalue weighted by Crippen LogP contribution is -2.41. The van der Waals surface area contributed by atoms with Gasteiger partial charge in [-0.3, -0.25) is 4.79 Å². The molecule has 3 nitrogen and oxygen atoms in total. The van der Waals surface area contributed by atoms with Gasteiger partial charge in [-0.25, -0.2) is 0 Å². The summed E-state index contributed by atoms with van der Waals surface area (Å²) >= 11 is 0. The maximum absolute atomic E-state index is 12.9. The quantitative estimate of drug-likeness (QED) is 0.852. The molecule has 0 bridgehead atoms. The lowest BCUT2D eigenvalue weighted by Gasteiger charge is -2.31. The fourth-order valence-electron chi connectivity index (χ4n) is 3.03. The van der Waals surface area contributed by atoms with Gasteiger partial charge in [0.1, 0.15) is 0 Å². The lowest BCUT2D eigenvalue weighted by atomic mass is 10.0. The minimum atomic E-state index is 0.149. The predicted molar refractivity (Wildman–Crippen MR) is 83.7 cm³/mol. The van der Waals surface area contributed by atoms with Gasteiger partial charge in [-0.05, 0) is 43.4 Å². The lowest BCUT2D eigenvalue weighted by molar-refractivity contribution is 0.0655. The Morgan fingerprint density at radius 2 is 2.00 bits per heavy atom. The molecule has 2 rings (SSSR count). The van der Waals surface area contributed by atoms with Crippen LogP contribution in [-0.2, 0) is 0 Å². The summed E-state index contributed by atoms with van der Waals surface area (Å²) in [6.07, 6.45) is 4.75. The molecule has 0 atom stereocenters. The summed E-state index contributed by atoms with van der Waals surface area (Å²) in [7, 11) is 0. The number of carbonyl (C=O) groups excluding carboxylic acids is 1. The van der Waals surface area contributed by atoms with E-state index in [9.17, 15) is 4.79 Å². The first-order chi connectivity index (χ1) is 9.49. The normalized spacial score (nSPS) is 15.8. The molecule has 0 aromatic heterocycles. The summed E-state index contributed by atoms with van der Waals surface area (Å²) in [4.78, 5) is 15.0. The molecule has 0 spiro atoms. The van der Waals surface area contributed by atoms with Gasteiger partial charge in [0, 0.05) is 23.8 Å². The highest BCUT2D eigenvalue weighted by atomic mass is 16.2. The second-order valence-corrected chi connectivity index (χ2v) is 6.36. The van der Waals surface area contributed by atoms with Crippen LogP contribution in [0.2, 0.25) is 0 Å². The van der Waals surface area contributed by atoms with E-state index in [2.05, 4.69) is 18.7 Å². The molecule has 1 saturated carbocycles. The minimum Gasteiger partial charge on any atom is -0.399 e. The van der Waals surface area contributed by atoms with Crippen molar-refractivity contribution in [3.63, 3.8) is 0 Å². The second kappa shape index (κ2) is 6.29. The molecule has 0 heterocycles. The van der Waals surface area contributed by atoms with Crippen LogP contribution >= 0.6 is 0 Å². The van der Waals surface area contributed by atoms with Crippen LogP contribution in [0.3, 0.4) is 0 Å². The van der Waals surface area contributed by atoms with Crippen LogP contribution in [0.15, 0.2) is 18.2 Å². The smallest absolute Gasteiger partial charge is 0.254 e. The number of nitrogens with zero attached hydrogens (tertiary/aromatic N) is 1. The van der Waals surface area contributed by atoms with Gasteiger partial charge in [0.25, 0.3) is 5.91 Å². The van der Waals surface area contributed by atoms with Crippen molar-refractivity contribution in [1.29, 1.82) is 0 Å². The van der Waals surface area contributed by atoms with Crippen molar-refractivity contribution >= 4 is 11.6 Å². The van der Waals surface area contributed by atoms with Gasteiger partial charge in [0.2, 0.25) is 0 Å². The minimum absolute atomic E-state index is 0.149. The zero-order valence-electron chi connectivity index (χ0n) is 12.9. The van der Waals surface area contributed by atoms with Crippen LogP contribution in [0, 0.1) is 12.8 Å². The molecule has 1 amide bonds. The molecule has 20 heavy (non-hydrogen) atoms. The van der Waals surface area contributed by atoms with Crippen molar-refractivity contribution in [2.75, 3.05) is 12.3 Å². The Morgan fingerprint density at radius 3 is 2.60 bits per heavy atom. The van der Waals surface area contributed by atoms with Crippen LogP contribution in [0.5, 0.6) is 0 Å². The first-order valence-electron chi connectivity index (χ1n) is 7.66. The Balaban J connectivity index is 2.27. The fraction of sp³-hybridized carbons (Fsp3) is 0.588. The number of amides is 1. The SMILES string of the molecule is Cc1ccc(N)cc1C(=O)N(CC(C)C)C1CCCC1. The number of hydrogen-bond donors (Lipinski definition) is 1. The summed E-state index contributed by atoms with van der Waals surface area (Å²) in [6, 6.07) is 6.02. The van der Waals surface area contributed by atoms with Gasteiger partial charge >= 0.3 is 0 Å². The first kappa shape index (κ1) is 14.9. The molecule has 0 radical (unpaired) electrons. The Hall–Kier alpha value is -1.51. The summed E-state index contributed by atoms with van der Waals surface area (Å²) < 4.78 is 0. The number of rotatable bonds is 4. The summed E-state index contributed by atoms with van der Waals surface area (Å²) in [5, 5.41) is 0. The van der Waals surface area contributed by atoms with Crippen molar-refractivity contribution in [3.05, 3.63) is 29.3 Å². The number of nitrogen functional groups attached to an aromatic ring is 1. The summed E-state index contributed by atoms with van der Waals surface area (Å²) in [5.74, 6) is 0.635. The van der Waals surface area contributed by atoms with Crippen LogP contribution in [0.1, 0.15) is 55.5 Å². The van der Waals surface area contributed by atoms with Crippen LogP contribution in [0.25, 0.3) is 0 Å². The Kier molecular flexibility index (Phi) is 4.69. The van der Waals surface area contributed by atoms with Crippen molar-refractivity contribution in [2.24, 2.45) is 5.92 Å². The molecule has 1 aliphatic rings. The van der Waals surface area contributed by atoms with E-state index < -0.39 is 0 Å². The van der Waals surface area contributed by atoms with E-state index >= 15 is 0 Å². The molecular weight excluding hydrogens is 248 g/mol. The van der Waals surface area contributed by atoms with Gasteiger partial charge in [0.05, 0.1) is 0 Å². The molecule has 0 saturated heterocycles. The maximum atomic E-state index is 12.9. The van der Waals surface area contributed by atoms with Crippen LogP contribution < -0.4 is 5.73 Å². The van der Waals surface area contributed by atoms with Crippen molar-refractivity contribution in [1.82, 2.24) is 4.90 Å². The molecule has 0 unspecified atom stereocenters. The molecule has 1 aliphatic carbocycles. The summed E-state index contributed by atoms with van der Waals surface area (Å²) in [5.41, 5.74) is 8.28. The van der Waals surface area contributed by atoms with Crippen molar-refractivity contribution < 1.29 is 4.79 Å². The largest absolute Gasteiger partial charge is 0.399 e. The van der Waals surface area contributed by atoms with Crippen molar-refractivity contribution in [2.45, 2.75) is 52.5 Å². The highest BCUT2D eigenvalue weighted by Gasteiger charge is 2.28. The monoisotopic (exact) mass is 274 g/mol. The fourth-order valence-corrected chi connectivity index (χ4v) is 3.03. The zero-order chi connectivity index (χ0) is 14.7. The number of nitrogens with two attached hydrogens (primary N) is 1. The van der Waals surface area contributed by atoms with E-state index in [0.29, 0.717) is 17.6 Å². The van der Waals surface area contributed by atoms with E-state index in [0.717, 1.165) is 30.5 Å². The molecule has 2 N–H and O–H groups in total. The summed E-state index contributed by atoms with van der Waals surface area (Å²) in [6.45, 7) is 7.15. The second-order valence-electron chi connectivity index (χ2n) is 6.36. The number of anilines is 1. The van der Waals surface area contributed by atoms with Gasteiger partial charge in [0.15, 0.2) is 0 Å². The number of aryl methyl sites for hydroxylation is 1. The Bertz CT molecular complexity index is 476. The average molecular weight is 274 g/mol. The number of hydrogen-bond acceptors (Lipinski definition) is 2. The standard InChI is InChI=1S/C17H26N2O/c1-12(2)11-19(15-6-4-5-7-15)17(20)16-10-14(18)9-8-13(16)3/h8-10,12,15H,4-7,11,18H2,1-3H3. The van der Waals surface area contributed by atoms with Crippen molar-refractivity contribution in [3.8, 4) is 0 Å². The number of benzene rings is 1. The maximum Gasteiger partial charge on any atom is 0.254 e. The molecule has 110 valence electrons.